The highest BCUT2D eigenvalue weighted by atomic mass is 16.6. The van der Waals surface area contributed by atoms with E-state index in [4.69, 9.17) is 4.74 Å². The molecule has 0 aliphatic carbocycles. The monoisotopic (exact) mass is 415 g/mol. The fraction of sp³-hybridized carbons (Fsp3) is 0.158. The second-order valence-electron chi connectivity index (χ2n) is 5.81. The number of methoxy groups -OCH3 is 1. The van der Waals surface area contributed by atoms with Gasteiger partial charge in [-0.05, 0) is 11.6 Å². The van der Waals surface area contributed by atoms with E-state index in [0.717, 1.165) is 30.9 Å². The molecule has 0 fully saturated rings. The number of nitrogens with zero attached hydrogens (tertiary/aromatic N) is 1. The van der Waals surface area contributed by atoms with Crippen LogP contribution in [-0.4, -0.2) is 42.5 Å². The van der Waals surface area contributed by atoms with Crippen LogP contribution in [0, 0.1) is 10.1 Å². The Morgan fingerprint density at radius 3 is 2.23 bits per heavy atom. The van der Waals surface area contributed by atoms with Crippen molar-refractivity contribution in [1.29, 1.82) is 0 Å². The van der Waals surface area contributed by atoms with Crippen LogP contribution < -0.4 is 10.6 Å². The van der Waals surface area contributed by atoms with Gasteiger partial charge >= 0.3 is 18.0 Å². The molecule has 156 valence electrons. The number of imide groups is 1. The Bertz CT molecular complexity index is 975. The number of rotatable bonds is 7. The van der Waals surface area contributed by atoms with Crippen LogP contribution in [0.1, 0.15) is 26.3 Å². The lowest BCUT2D eigenvalue weighted by Gasteiger charge is -2.08. The summed E-state index contributed by atoms with van der Waals surface area (Å²) in [5, 5.41) is 15.4. The van der Waals surface area contributed by atoms with Crippen LogP contribution >= 0.6 is 0 Å². The Morgan fingerprint density at radius 2 is 1.63 bits per heavy atom. The summed E-state index contributed by atoms with van der Waals surface area (Å²) in [5.41, 5.74) is -0.275. The van der Waals surface area contributed by atoms with Gasteiger partial charge in [-0.1, -0.05) is 30.3 Å². The molecule has 3 amide bonds. The number of nitro groups is 1. The summed E-state index contributed by atoms with van der Waals surface area (Å²) in [4.78, 5) is 57.4. The highest BCUT2D eigenvalue weighted by Gasteiger charge is 2.20. The standard InChI is InChI=1S/C19H17N3O8/c1-29-17(24)13-7-14(9-15(8-13)22(27)28)18(25)30-11-16(23)21-19(26)20-10-12-5-3-2-4-6-12/h2-9H,10-11H2,1H3,(H2,20,21,23,26). The zero-order valence-corrected chi connectivity index (χ0v) is 15.7. The third-order valence-corrected chi connectivity index (χ3v) is 3.67. The number of benzene rings is 2. The van der Waals surface area contributed by atoms with Crippen molar-refractivity contribution in [2.45, 2.75) is 6.54 Å². The minimum absolute atomic E-state index is 0.184. The average Bonchev–Trinajstić information content (AvgIpc) is 2.75. The molecule has 2 rings (SSSR count). The highest BCUT2D eigenvalue weighted by molar-refractivity contribution is 5.99. The van der Waals surface area contributed by atoms with Gasteiger partial charge in [-0.3, -0.25) is 20.2 Å². The molecular formula is C19H17N3O8. The Labute approximate surface area is 170 Å². The summed E-state index contributed by atoms with van der Waals surface area (Å²) in [6.45, 7) is -0.627. The Balaban J connectivity index is 1.92. The van der Waals surface area contributed by atoms with Crippen molar-refractivity contribution in [3.63, 3.8) is 0 Å². The summed E-state index contributed by atoms with van der Waals surface area (Å²) in [6, 6.07) is 11.0. The molecule has 2 N–H and O–H groups in total. The van der Waals surface area contributed by atoms with Crippen molar-refractivity contribution < 1.29 is 33.6 Å². The molecule has 0 radical (unpaired) electrons. The van der Waals surface area contributed by atoms with Crippen LogP contribution in [0.15, 0.2) is 48.5 Å². The number of urea groups is 1. The molecule has 0 atom stereocenters. The lowest BCUT2D eigenvalue weighted by atomic mass is 10.1. The van der Waals surface area contributed by atoms with Crippen LogP contribution in [0.2, 0.25) is 0 Å². The first-order chi connectivity index (χ1) is 14.3. The number of non-ortho nitro benzene ring substituents is 1. The predicted molar refractivity (Wildman–Crippen MR) is 102 cm³/mol. The molecule has 11 nitrogen and oxygen atoms in total. The lowest BCUT2D eigenvalue weighted by Crippen LogP contribution is -2.41. The molecule has 0 aliphatic heterocycles. The van der Waals surface area contributed by atoms with Gasteiger partial charge in [0.15, 0.2) is 6.61 Å². The third kappa shape index (κ3) is 6.41. The maximum absolute atomic E-state index is 12.1. The zero-order valence-electron chi connectivity index (χ0n) is 15.7. The van der Waals surface area contributed by atoms with E-state index in [-0.39, 0.29) is 17.7 Å². The number of ether oxygens (including phenoxy) is 2. The molecule has 0 aromatic heterocycles. The van der Waals surface area contributed by atoms with Crippen molar-refractivity contribution in [3.8, 4) is 0 Å². The van der Waals surface area contributed by atoms with Crippen molar-refractivity contribution in [2.24, 2.45) is 0 Å². The second-order valence-corrected chi connectivity index (χ2v) is 5.81. The number of nitro benzene ring substituents is 1. The molecule has 0 unspecified atom stereocenters. The van der Waals surface area contributed by atoms with Gasteiger partial charge in [0.05, 0.1) is 23.2 Å². The average molecular weight is 415 g/mol. The van der Waals surface area contributed by atoms with Gasteiger partial charge in [-0.2, -0.15) is 0 Å². The number of hydrogen-bond acceptors (Lipinski definition) is 8. The maximum atomic E-state index is 12.1. The van der Waals surface area contributed by atoms with Gasteiger partial charge < -0.3 is 14.8 Å². The van der Waals surface area contributed by atoms with Crippen molar-refractivity contribution >= 4 is 29.6 Å². The first-order valence-corrected chi connectivity index (χ1v) is 8.46. The fourth-order valence-corrected chi connectivity index (χ4v) is 2.27. The van der Waals surface area contributed by atoms with Gasteiger partial charge in [0.25, 0.3) is 11.6 Å². The summed E-state index contributed by atoms with van der Waals surface area (Å²) in [6.07, 6.45) is 0. The molecule has 0 bridgehead atoms. The van der Waals surface area contributed by atoms with Gasteiger partial charge in [0, 0.05) is 18.7 Å². The van der Waals surface area contributed by atoms with Gasteiger partial charge in [0.2, 0.25) is 0 Å². The first-order valence-electron chi connectivity index (χ1n) is 8.46. The molecule has 11 heteroatoms. The molecule has 0 heterocycles. The van der Waals surface area contributed by atoms with Crippen LogP contribution in [0.5, 0.6) is 0 Å². The smallest absolute Gasteiger partial charge is 0.338 e. The van der Waals surface area contributed by atoms with E-state index in [2.05, 4.69) is 10.1 Å². The predicted octanol–water partition coefficient (Wildman–Crippen LogP) is 1.56. The van der Waals surface area contributed by atoms with Crippen LogP contribution in [0.3, 0.4) is 0 Å². The van der Waals surface area contributed by atoms with Crippen LogP contribution in [-0.2, 0) is 20.8 Å². The van der Waals surface area contributed by atoms with Gasteiger partial charge in [-0.15, -0.1) is 0 Å². The van der Waals surface area contributed by atoms with E-state index in [1.165, 1.54) is 0 Å². The molecule has 30 heavy (non-hydrogen) atoms. The van der Waals surface area contributed by atoms with Crippen LogP contribution in [0.4, 0.5) is 10.5 Å². The Morgan fingerprint density at radius 1 is 1.00 bits per heavy atom. The SMILES string of the molecule is COC(=O)c1cc(C(=O)OCC(=O)NC(=O)NCc2ccccc2)cc([N+](=O)[O-])c1. The molecule has 0 saturated heterocycles. The largest absolute Gasteiger partial charge is 0.465 e. The minimum atomic E-state index is -1.09. The Hall–Kier alpha value is -4.28. The zero-order chi connectivity index (χ0) is 22.1. The third-order valence-electron chi connectivity index (χ3n) is 3.67. The molecule has 2 aromatic rings. The summed E-state index contributed by atoms with van der Waals surface area (Å²) >= 11 is 0. The second kappa shape index (κ2) is 10.3. The minimum Gasteiger partial charge on any atom is -0.465 e. The maximum Gasteiger partial charge on any atom is 0.338 e. The van der Waals surface area contributed by atoms with E-state index in [0.29, 0.717) is 0 Å². The quantitative estimate of drug-likeness (QED) is 0.392. The number of esters is 2. The van der Waals surface area contributed by atoms with E-state index >= 15 is 0 Å². The summed E-state index contributed by atoms with van der Waals surface area (Å²) in [7, 11) is 1.08. The summed E-state index contributed by atoms with van der Waals surface area (Å²) < 4.78 is 9.23. The van der Waals surface area contributed by atoms with E-state index in [9.17, 15) is 29.3 Å². The highest BCUT2D eigenvalue weighted by Crippen LogP contribution is 2.19. The summed E-state index contributed by atoms with van der Waals surface area (Å²) in [5.74, 6) is -2.89. The van der Waals surface area contributed by atoms with Gasteiger partial charge in [0.1, 0.15) is 0 Å². The van der Waals surface area contributed by atoms with Crippen molar-refractivity contribution in [3.05, 3.63) is 75.3 Å². The van der Waals surface area contributed by atoms with Crippen LogP contribution in [0.25, 0.3) is 0 Å². The normalized spacial score (nSPS) is 9.90. The molecule has 0 saturated carbocycles. The number of nitrogens with one attached hydrogen (secondary N) is 2. The van der Waals surface area contributed by atoms with E-state index < -0.39 is 41.1 Å². The number of carbonyl (C=O) groups excluding carboxylic acids is 4. The lowest BCUT2D eigenvalue weighted by molar-refractivity contribution is -0.384. The fourth-order valence-electron chi connectivity index (χ4n) is 2.27. The number of hydrogen-bond donors (Lipinski definition) is 2. The van der Waals surface area contributed by atoms with Gasteiger partial charge in [-0.25, -0.2) is 14.4 Å². The Kier molecular flexibility index (Phi) is 7.57. The molecule has 0 aliphatic rings. The number of amides is 3. The van der Waals surface area contributed by atoms with Crippen molar-refractivity contribution in [1.82, 2.24) is 10.6 Å². The van der Waals surface area contributed by atoms with E-state index in [1.807, 2.05) is 11.4 Å². The van der Waals surface area contributed by atoms with E-state index in [1.54, 1.807) is 24.3 Å². The van der Waals surface area contributed by atoms with Crippen molar-refractivity contribution in [2.75, 3.05) is 13.7 Å². The molecule has 2 aromatic carbocycles. The molecular weight excluding hydrogens is 398 g/mol. The molecule has 0 spiro atoms. The number of carbonyl (C=O) groups is 4. The topological polar surface area (TPSA) is 154 Å². The first kappa shape index (κ1) is 22.0.